The second kappa shape index (κ2) is 5.40. The van der Waals surface area contributed by atoms with Crippen LogP contribution in [0.4, 0.5) is 0 Å². The van der Waals surface area contributed by atoms with Crippen LogP contribution in [0.1, 0.15) is 35.4 Å². The van der Waals surface area contributed by atoms with Crippen LogP contribution in [-0.4, -0.2) is 25.8 Å². The normalized spacial score (nSPS) is 10.7. The van der Waals surface area contributed by atoms with Gasteiger partial charge in [-0.25, -0.2) is 14.5 Å². The number of benzene rings is 1. The monoisotopic (exact) mass is 279 g/mol. The summed E-state index contributed by atoms with van der Waals surface area (Å²) < 4.78 is 1.51. The Labute approximate surface area is 115 Å². The molecule has 0 amide bonds. The largest absolute Gasteiger partial charge is 0.475 e. The molecule has 1 aromatic heterocycles. The Kier molecular flexibility index (Phi) is 3.85. The van der Waals surface area contributed by atoms with E-state index in [2.05, 4.69) is 10.1 Å². The van der Waals surface area contributed by atoms with Crippen LogP contribution in [0, 0.1) is 6.92 Å². The summed E-state index contributed by atoms with van der Waals surface area (Å²) in [4.78, 5) is 15.0. The molecule has 2 aromatic rings. The number of carboxylic acid groups (broad SMARTS) is 1. The topological polar surface area (TPSA) is 68.0 Å². The van der Waals surface area contributed by atoms with Crippen LogP contribution in [0.2, 0.25) is 5.02 Å². The summed E-state index contributed by atoms with van der Waals surface area (Å²) in [5.74, 6) is -0.745. The molecule has 1 heterocycles. The van der Waals surface area contributed by atoms with Crippen LogP contribution in [0.5, 0.6) is 0 Å². The predicted octanol–water partition coefficient (Wildman–Crippen LogP) is 2.88. The van der Waals surface area contributed by atoms with Gasteiger partial charge < -0.3 is 5.11 Å². The molecule has 0 aliphatic rings. The average molecular weight is 280 g/mol. The summed E-state index contributed by atoms with van der Waals surface area (Å²) in [7, 11) is 0. The van der Waals surface area contributed by atoms with Crippen molar-refractivity contribution in [1.29, 1.82) is 0 Å². The first-order valence-electron chi connectivity index (χ1n) is 5.98. The number of hydrogen-bond acceptors (Lipinski definition) is 3. The SMILES string of the molecule is CCCc1nc(C(=O)O)nn1-c1ccc(C)cc1Cl. The van der Waals surface area contributed by atoms with Crippen molar-refractivity contribution in [2.75, 3.05) is 0 Å². The van der Waals surface area contributed by atoms with Gasteiger partial charge in [0.15, 0.2) is 0 Å². The second-order valence-corrected chi connectivity index (χ2v) is 4.68. The van der Waals surface area contributed by atoms with Gasteiger partial charge in [-0.1, -0.05) is 24.6 Å². The van der Waals surface area contributed by atoms with Crippen molar-refractivity contribution >= 4 is 17.6 Å². The van der Waals surface area contributed by atoms with Crippen molar-refractivity contribution in [3.8, 4) is 5.69 Å². The molecule has 0 unspecified atom stereocenters. The van der Waals surface area contributed by atoms with E-state index < -0.39 is 5.97 Å². The van der Waals surface area contributed by atoms with Crippen molar-refractivity contribution in [2.45, 2.75) is 26.7 Å². The first kappa shape index (κ1) is 13.5. The molecule has 0 atom stereocenters. The fourth-order valence-corrected chi connectivity index (χ4v) is 2.11. The van der Waals surface area contributed by atoms with E-state index in [-0.39, 0.29) is 5.82 Å². The summed E-state index contributed by atoms with van der Waals surface area (Å²) in [6, 6.07) is 5.53. The third-order valence-corrected chi connectivity index (χ3v) is 2.97. The van der Waals surface area contributed by atoms with Gasteiger partial charge in [-0.05, 0) is 31.0 Å². The second-order valence-electron chi connectivity index (χ2n) is 4.27. The minimum Gasteiger partial charge on any atom is -0.475 e. The maximum Gasteiger partial charge on any atom is 0.375 e. The van der Waals surface area contributed by atoms with E-state index >= 15 is 0 Å². The lowest BCUT2D eigenvalue weighted by Crippen LogP contribution is -2.04. The Morgan fingerprint density at radius 3 is 2.79 bits per heavy atom. The van der Waals surface area contributed by atoms with E-state index in [0.717, 1.165) is 12.0 Å². The van der Waals surface area contributed by atoms with E-state index in [0.29, 0.717) is 23.0 Å². The molecule has 0 bridgehead atoms. The van der Waals surface area contributed by atoms with Gasteiger partial charge in [-0.2, -0.15) is 0 Å². The maximum atomic E-state index is 11.0. The molecule has 0 saturated carbocycles. The Hall–Kier alpha value is -1.88. The Morgan fingerprint density at radius 2 is 2.21 bits per heavy atom. The van der Waals surface area contributed by atoms with Crippen molar-refractivity contribution in [2.24, 2.45) is 0 Å². The highest BCUT2D eigenvalue weighted by Crippen LogP contribution is 2.22. The quantitative estimate of drug-likeness (QED) is 0.934. The molecule has 2 rings (SSSR count). The Morgan fingerprint density at radius 1 is 1.47 bits per heavy atom. The fraction of sp³-hybridized carbons (Fsp3) is 0.308. The third kappa shape index (κ3) is 2.76. The van der Waals surface area contributed by atoms with Gasteiger partial charge in [0.05, 0.1) is 10.7 Å². The summed E-state index contributed by atoms with van der Waals surface area (Å²) in [6.07, 6.45) is 1.49. The van der Waals surface area contributed by atoms with Gasteiger partial charge in [0.1, 0.15) is 5.82 Å². The van der Waals surface area contributed by atoms with Gasteiger partial charge in [0.25, 0.3) is 5.82 Å². The zero-order chi connectivity index (χ0) is 14.0. The van der Waals surface area contributed by atoms with Crippen molar-refractivity contribution in [1.82, 2.24) is 14.8 Å². The Balaban J connectivity index is 2.56. The maximum absolute atomic E-state index is 11.0. The van der Waals surface area contributed by atoms with Crippen molar-refractivity contribution in [3.63, 3.8) is 0 Å². The number of aryl methyl sites for hydroxylation is 2. The number of hydrogen-bond donors (Lipinski definition) is 1. The summed E-state index contributed by atoms with van der Waals surface area (Å²) in [5.41, 5.74) is 1.68. The number of nitrogens with zero attached hydrogens (tertiary/aromatic N) is 3. The third-order valence-electron chi connectivity index (χ3n) is 2.67. The fourth-order valence-electron chi connectivity index (χ4n) is 1.80. The minimum atomic E-state index is -1.14. The zero-order valence-electron chi connectivity index (χ0n) is 10.7. The van der Waals surface area contributed by atoms with Crippen LogP contribution in [-0.2, 0) is 6.42 Å². The summed E-state index contributed by atoms with van der Waals surface area (Å²) in [6.45, 7) is 3.93. The van der Waals surface area contributed by atoms with Crippen LogP contribution < -0.4 is 0 Å². The average Bonchev–Trinajstić information content (AvgIpc) is 2.74. The molecular formula is C13H14ClN3O2. The van der Waals surface area contributed by atoms with E-state index in [4.69, 9.17) is 16.7 Å². The minimum absolute atomic E-state index is 0.208. The van der Waals surface area contributed by atoms with E-state index in [1.807, 2.05) is 32.0 Å². The van der Waals surface area contributed by atoms with Crippen LogP contribution in [0.3, 0.4) is 0 Å². The number of aromatic carboxylic acids is 1. The molecule has 5 nitrogen and oxygen atoms in total. The van der Waals surface area contributed by atoms with Crippen LogP contribution in [0.25, 0.3) is 5.69 Å². The van der Waals surface area contributed by atoms with Crippen molar-refractivity contribution in [3.05, 3.63) is 40.4 Å². The molecule has 0 saturated heterocycles. The smallest absolute Gasteiger partial charge is 0.375 e. The molecule has 0 aliphatic carbocycles. The number of carboxylic acids is 1. The van der Waals surface area contributed by atoms with E-state index in [1.54, 1.807) is 0 Å². The van der Waals surface area contributed by atoms with Gasteiger partial charge in [0.2, 0.25) is 0 Å². The van der Waals surface area contributed by atoms with Gasteiger partial charge in [-0.3, -0.25) is 0 Å². The van der Waals surface area contributed by atoms with E-state index in [1.165, 1.54) is 4.68 Å². The first-order valence-corrected chi connectivity index (χ1v) is 6.36. The molecule has 1 N–H and O–H groups in total. The van der Waals surface area contributed by atoms with Crippen LogP contribution in [0.15, 0.2) is 18.2 Å². The highest BCUT2D eigenvalue weighted by molar-refractivity contribution is 6.32. The standard InChI is InChI=1S/C13H14ClN3O2/c1-3-4-11-15-12(13(18)19)16-17(11)10-6-5-8(2)7-9(10)14/h5-7H,3-4H2,1-2H3,(H,18,19). The van der Waals surface area contributed by atoms with Crippen molar-refractivity contribution < 1.29 is 9.90 Å². The summed E-state index contributed by atoms with van der Waals surface area (Å²) >= 11 is 6.19. The molecule has 0 aliphatic heterocycles. The predicted molar refractivity (Wildman–Crippen MR) is 72.1 cm³/mol. The zero-order valence-corrected chi connectivity index (χ0v) is 11.5. The lowest BCUT2D eigenvalue weighted by atomic mass is 10.2. The first-order chi connectivity index (χ1) is 9.02. The van der Waals surface area contributed by atoms with Crippen LogP contribution >= 0.6 is 11.6 Å². The molecule has 0 radical (unpaired) electrons. The lowest BCUT2D eigenvalue weighted by Gasteiger charge is -2.07. The number of halogens is 1. The highest BCUT2D eigenvalue weighted by atomic mass is 35.5. The number of rotatable bonds is 4. The van der Waals surface area contributed by atoms with E-state index in [9.17, 15) is 4.79 Å². The molecule has 6 heteroatoms. The molecule has 100 valence electrons. The summed E-state index contributed by atoms with van der Waals surface area (Å²) in [5, 5.41) is 13.5. The molecular weight excluding hydrogens is 266 g/mol. The van der Waals surface area contributed by atoms with Gasteiger partial charge in [0, 0.05) is 6.42 Å². The number of carbonyl (C=O) groups is 1. The molecule has 0 fully saturated rings. The number of aromatic nitrogens is 3. The molecule has 0 spiro atoms. The highest BCUT2D eigenvalue weighted by Gasteiger charge is 2.17. The molecule has 19 heavy (non-hydrogen) atoms. The lowest BCUT2D eigenvalue weighted by molar-refractivity contribution is 0.0683. The molecule has 1 aromatic carbocycles. The Bertz CT molecular complexity index is 622. The van der Waals surface area contributed by atoms with Gasteiger partial charge in [-0.15, -0.1) is 5.10 Å². The van der Waals surface area contributed by atoms with Gasteiger partial charge >= 0.3 is 5.97 Å².